The van der Waals surface area contributed by atoms with Gasteiger partial charge in [-0.05, 0) is 24.5 Å². The van der Waals surface area contributed by atoms with Gasteiger partial charge >= 0.3 is 0 Å². The first-order valence-electron chi connectivity index (χ1n) is 4.67. The number of halogens is 1. The van der Waals surface area contributed by atoms with E-state index in [2.05, 4.69) is 13.2 Å². The Morgan fingerprint density at radius 2 is 2.14 bits per heavy atom. The Morgan fingerprint density at radius 1 is 1.50 bits per heavy atom. The molecule has 0 saturated carbocycles. The fraction of sp³-hybridized carbons (Fsp3) is 0.231. The van der Waals surface area contributed by atoms with E-state index in [0.717, 1.165) is 11.1 Å². The Labute approximate surface area is 84.8 Å². The van der Waals surface area contributed by atoms with E-state index in [0.29, 0.717) is 6.42 Å². The summed E-state index contributed by atoms with van der Waals surface area (Å²) in [5.41, 5.74) is 2.10. The van der Waals surface area contributed by atoms with Crippen LogP contribution in [0.2, 0.25) is 0 Å². The van der Waals surface area contributed by atoms with Crippen molar-refractivity contribution in [3.63, 3.8) is 0 Å². The van der Waals surface area contributed by atoms with Gasteiger partial charge < -0.3 is 0 Å². The first kappa shape index (κ1) is 10.7. The van der Waals surface area contributed by atoms with Gasteiger partial charge in [-0.2, -0.15) is 0 Å². The molecule has 0 nitrogen and oxygen atoms in total. The summed E-state index contributed by atoms with van der Waals surface area (Å²) in [7, 11) is 0. The van der Waals surface area contributed by atoms with Crippen LogP contribution in [-0.2, 0) is 0 Å². The van der Waals surface area contributed by atoms with E-state index < -0.39 is 0 Å². The van der Waals surface area contributed by atoms with Crippen molar-refractivity contribution >= 4 is 0 Å². The van der Waals surface area contributed by atoms with Crippen molar-refractivity contribution in [3.8, 4) is 0 Å². The average Bonchev–Trinajstić information content (AvgIpc) is 2.15. The van der Waals surface area contributed by atoms with Gasteiger partial charge in [-0.15, -0.1) is 6.58 Å². The highest BCUT2D eigenvalue weighted by Crippen LogP contribution is 2.29. The molecule has 1 heteroatoms. The van der Waals surface area contributed by atoms with Crippen molar-refractivity contribution in [3.05, 3.63) is 60.5 Å². The van der Waals surface area contributed by atoms with E-state index in [9.17, 15) is 4.39 Å². The lowest BCUT2D eigenvalue weighted by molar-refractivity contribution is 0.549. The number of aryl methyl sites for hydroxylation is 1. The summed E-state index contributed by atoms with van der Waals surface area (Å²) in [6.07, 6.45) is 2.32. The van der Waals surface area contributed by atoms with Crippen LogP contribution in [0.5, 0.6) is 0 Å². The lowest BCUT2D eigenvalue weighted by Gasteiger charge is -2.15. The molecule has 74 valence electrons. The van der Waals surface area contributed by atoms with E-state index >= 15 is 0 Å². The largest absolute Gasteiger partial charge is 0.212 e. The van der Waals surface area contributed by atoms with Crippen LogP contribution < -0.4 is 0 Å². The minimum atomic E-state index is -0.292. The zero-order valence-corrected chi connectivity index (χ0v) is 8.46. The Hall–Kier alpha value is -1.37. The van der Waals surface area contributed by atoms with Crippen molar-refractivity contribution in [2.24, 2.45) is 0 Å². The molecule has 0 spiro atoms. The highest BCUT2D eigenvalue weighted by Gasteiger charge is 2.14. The Balaban J connectivity index is 3.04. The van der Waals surface area contributed by atoms with E-state index in [1.165, 1.54) is 0 Å². The van der Waals surface area contributed by atoms with Crippen LogP contribution >= 0.6 is 0 Å². The third-order valence-electron chi connectivity index (χ3n) is 2.34. The molecule has 0 saturated heterocycles. The Kier molecular flexibility index (Phi) is 3.63. The minimum absolute atomic E-state index is 0.242. The molecular weight excluding hydrogens is 175 g/mol. The molecule has 0 aromatic heterocycles. The van der Waals surface area contributed by atoms with Gasteiger partial charge in [-0.1, -0.05) is 36.9 Å². The molecule has 14 heavy (non-hydrogen) atoms. The number of allylic oxidation sites excluding steroid dienone is 2. The molecule has 1 unspecified atom stereocenters. The fourth-order valence-corrected chi connectivity index (χ4v) is 1.57. The lowest BCUT2D eigenvalue weighted by Crippen LogP contribution is -2.00. The second kappa shape index (κ2) is 4.75. The summed E-state index contributed by atoms with van der Waals surface area (Å²) in [5, 5.41) is 0. The van der Waals surface area contributed by atoms with E-state index in [1.54, 1.807) is 6.08 Å². The quantitative estimate of drug-likeness (QED) is 0.626. The first-order chi connectivity index (χ1) is 6.66. The molecule has 0 fully saturated rings. The minimum Gasteiger partial charge on any atom is -0.212 e. The molecule has 0 bridgehead atoms. The number of benzene rings is 1. The van der Waals surface area contributed by atoms with Crippen LogP contribution in [0.3, 0.4) is 0 Å². The Morgan fingerprint density at radius 3 is 2.64 bits per heavy atom. The third-order valence-corrected chi connectivity index (χ3v) is 2.34. The second-order valence-electron chi connectivity index (χ2n) is 3.38. The molecule has 0 aliphatic carbocycles. The molecule has 0 radical (unpaired) electrons. The molecular formula is C13H15F. The maximum absolute atomic E-state index is 13.2. The van der Waals surface area contributed by atoms with Gasteiger partial charge in [-0.3, -0.25) is 0 Å². The summed E-state index contributed by atoms with van der Waals surface area (Å²) >= 11 is 0. The first-order valence-corrected chi connectivity index (χ1v) is 4.67. The number of hydrogen-bond donors (Lipinski definition) is 0. The third kappa shape index (κ3) is 2.32. The molecule has 1 atom stereocenters. The highest BCUT2D eigenvalue weighted by atomic mass is 19.1. The van der Waals surface area contributed by atoms with E-state index in [-0.39, 0.29) is 11.7 Å². The lowest BCUT2D eigenvalue weighted by atomic mass is 9.91. The van der Waals surface area contributed by atoms with E-state index in [4.69, 9.17) is 0 Å². The molecule has 0 aliphatic heterocycles. The normalized spacial score (nSPS) is 12.1. The summed E-state index contributed by atoms with van der Waals surface area (Å²) in [4.78, 5) is 0. The highest BCUT2D eigenvalue weighted by molar-refractivity contribution is 5.33. The van der Waals surface area contributed by atoms with Gasteiger partial charge in [0.2, 0.25) is 0 Å². The second-order valence-corrected chi connectivity index (χ2v) is 3.38. The van der Waals surface area contributed by atoms with Gasteiger partial charge in [0.25, 0.3) is 0 Å². The van der Waals surface area contributed by atoms with E-state index in [1.807, 2.05) is 31.2 Å². The SMILES string of the molecule is C=CCC(C(=C)F)c1ccccc1C. The maximum Gasteiger partial charge on any atom is 0.101 e. The smallest absolute Gasteiger partial charge is 0.101 e. The standard InChI is InChI=1S/C13H15F/c1-4-7-13(11(3)14)12-9-6-5-8-10(12)2/h4-6,8-9,13H,1,3,7H2,2H3. The zero-order chi connectivity index (χ0) is 10.6. The van der Waals surface area contributed by atoms with Crippen LogP contribution in [0.1, 0.15) is 23.5 Å². The van der Waals surface area contributed by atoms with Crippen LogP contribution in [0.15, 0.2) is 49.3 Å². The predicted molar refractivity (Wildman–Crippen MR) is 59.0 cm³/mol. The average molecular weight is 190 g/mol. The van der Waals surface area contributed by atoms with Gasteiger partial charge in [0.1, 0.15) is 5.83 Å². The van der Waals surface area contributed by atoms with Crippen molar-refractivity contribution in [1.29, 1.82) is 0 Å². The molecule has 1 aromatic carbocycles. The molecule has 0 aliphatic rings. The van der Waals surface area contributed by atoms with Crippen molar-refractivity contribution < 1.29 is 4.39 Å². The van der Waals surface area contributed by atoms with Gasteiger partial charge in [-0.25, -0.2) is 4.39 Å². The Bertz CT molecular complexity index is 339. The van der Waals surface area contributed by atoms with Gasteiger partial charge in [0.15, 0.2) is 0 Å². The maximum atomic E-state index is 13.2. The summed E-state index contributed by atoms with van der Waals surface area (Å²) in [6.45, 7) is 8.99. The predicted octanol–water partition coefficient (Wildman–Crippen LogP) is 4.14. The van der Waals surface area contributed by atoms with Crippen LogP contribution in [0.25, 0.3) is 0 Å². The summed E-state index contributed by atoms with van der Waals surface area (Å²) in [6, 6.07) is 7.79. The number of rotatable bonds is 4. The molecule has 0 heterocycles. The summed E-state index contributed by atoms with van der Waals surface area (Å²) in [5.74, 6) is -0.534. The monoisotopic (exact) mass is 190 g/mol. The van der Waals surface area contributed by atoms with Crippen molar-refractivity contribution in [1.82, 2.24) is 0 Å². The zero-order valence-electron chi connectivity index (χ0n) is 8.46. The topological polar surface area (TPSA) is 0 Å². The van der Waals surface area contributed by atoms with Crippen molar-refractivity contribution in [2.45, 2.75) is 19.3 Å². The number of hydrogen-bond acceptors (Lipinski definition) is 0. The van der Waals surface area contributed by atoms with Crippen LogP contribution in [0, 0.1) is 6.92 Å². The molecule has 1 aromatic rings. The summed E-state index contributed by atoms with van der Waals surface area (Å²) < 4.78 is 13.2. The fourth-order valence-electron chi connectivity index (χ4n) is 1.57. The molecule has 1 rings (SSSR count). The van der Waals surface area contributed by atoms with Gasteiger partial charge in [0, 0.05) is 5.92 Å². The van der Waals surface area contributed by atoms with Gasteiger partial charge in [0.05, 0.1) is 0 Å². The molecule has 0 amide bonds. The van der Waals surface area contributed by atoms with Crippen LogP contribution in [-0.4, -0.2) is 0 Å². The van der Waals surface area contributed by atoms with Crippen molar-refractivity contribution in [2.75, 3.05) is 0 Å². The molecule has 0 N–H and O–H groups in total. The van der Waals surface area contributed by atoms with Crippen LogP contribution in [0.4, 0.5) is 4.39 Å².